The minimum atomic E-state index is -0.833. The molecule has 0 fully saturated rings. The van der Waals surface area contributed by atoms with E-state index >= 15 is 0 Å². The summed E-state index contributed by atoms with van der Waals surface area (Å²) in [6.07, 6.45) is 6.82. The minimum absolute atomic E-state index is 0.759. The van der Waals surface area contributed by atoms with E-state index in [4.69, 9.17) is 15.6 Å². The van der Waals surface area contributed by atoms with Crippen molar-refractivity contribution in [3.8, 4) is 0 Å². The van der Waals surface area contributed by atoms with Crippen molar-refractivity contribution in [2.75, 3.05) is 5.73 Å². The molecule has 3 N–H and O–H groups in total. The second kappa shape index (κ2) is 15.6. The van der Waals surface area contributed by atoms with Gasteiger partial charge in [-0.3, -0.25) is 14.8 Å². The molecule has 0 bridgehead atoms. The first-order valence-corrected chi connectivity index (χ1v) is 5.83. The van der Waals surface area contributed by atoms with Crippen molar-refractivity contribution in [2.45, 2.75) is 20.8 Å². The average Bonchev–Trinajstić information content (AvgIpc) is 2.44. The smallest absolute Gasteiger partial charge is 0.300 e. The van der Waals surface area contributed by atoms with E-state index < -0.39 is 5.97 Å². The van der Waals surface area contributed by atoms with Crippen molar-refractivity contribution in [1.29, 1.82) is 0 Å². The molecule has 5 heteroatoms. The van der Waals surface area contributed by atoms with Crippen LogP contribution in [0, 0.1) is 0 Å². The van der Waals surface area contributed by atoms with Crippen molar-refractivity contribution >= 4 is 11.7 Å². The first-order chi connectivity index (χ1) is 9.13. The Kier molecular flexibility index (Phi) is 15.5. The zero-order chi connectivity index (χ0) is 14.9. The molecule has 19 heavy (non-hydrogen) atoms. The number of carbonyl (C=O) groups is 1. The maximum Gasteiger partial charge on any atom is 0.300 e. The van der Waals surface area contributed by atoms with Gasteiger partial charge in [-0.05, 0) is 24.3 Å². The van der Waals surface area contributed by atoms with Gasteiger partial charge < -0.3 is 10.8 Å². The molecule has 0 unspecified atom stereocenters. The third kappa shape index (κ3) is 21.4. The fourth-order valence-corrected chi connectivity index (χ4v) is 0.676. The molecule has 0 amide bonds. The molecule has 2 rings (SSSR count). The zero-order valence-corrected chi connectivity index (χ0v) is 11.5. The number of aliphatic carboxylic acids is 1. The van der Waals surface area contributed by atoms with Crippen LogP contribution >= 0.6 is 0 Å². The lowest BCUT2D eigenvalue weighted by Gasteiger charge is -1.83. The fourth-order valence-electron chi connectivity index (χ4n) is 0.676. The number of carboxylic acid groups (broad SMARTS) is 1. The van der Waals surface area contributed by atoms with E-state index in [1.54, 1.807) is 36.9 Å². The van der Waals surface area contributed by atoms with E-state index in [9.17, 15) is 0 Å². The minimum Gasteiger partial charge on any atom is -0.481 e. The highest BCUT2D eigenvalue weighted by molar-refractivity contribution is 5.62. The lowest BCUT2D eigenvalue weighted by atomic mass is 10.4. The number of hydrogen-bond acceptors (Lipinski definition) is 4. The Morgan fingerprint density at radius 3 is 1.53 bits per heavy atom. The predicted octanol–water partition coefficient (Wildman–Crippen LogP) is 2.86. The molecular formula is C14H21N3O2. The van der Waals surface area contributed by atoms with Crippen molar-refractivity contribution in [2.24, 2.45) is 0 Å². The number of nitrogens with two attached hydrogens (primary N) is 1. The number of hydrogen-bond donors (Lipinski definition) is 2. The zero-order valence-electron chi connectivity index (χ0n) is 11.5. The number of rotatable bonds is 0. The molecule has 0 saturated carbocycles. The molecule has 0 aliphatic heterocycles. The molecule has 2 aromatic rings. The number of nitrogen functional groups attached to an aromatic ring is 1. The summed E-state index contributed by atoms with van der Waals surface area (Å²) in [5, 5.41) is 7.42. The van der Waals surface area contributed by atoms with Gasteiger partial charge in [-0.1, -0.05) is 19.9 Å². The molecule has 0 atom stereocenters. The van der Waals surface area contributed by atoms with Gasteiger partial charge in [0.2, 0.25) is 0 Å². The molecular weight excluding hydrogens is 242 g/mol. The van der Waals surface area contributed by atoms with E-state index in [0.29, 0.717) is 0 Å². The average molecular weight is 263 g/mol. The van der Waals surface area contributed by atoms with Gasteiger partial charge in [0.25, 0.3) is 5.97 Å². The van der Waals surface area contributed by atoms with Crippen molar-refractivity contribution in [3.63, 3.8) is 0 Å². The molecule has 0 spiro atoms. The summed E-state index contributed by atoms with van der Waals surface area (Å²) in [5.41, 5.74) is 6.08. The molecule has 0 aliphatic carbocycles. The molecule has 104 valence electrons. The maximum atomic E-state index is 9.00. The summed E-state index contributed by atoms with van der Waals surface area (Å²) in [7, 11) is 0. The Balaban J connectivity index is 0. The van der Waals surface area contributed by atoms with E-state index in [-0.39, 0.29) is 0 Å². The van der Waals surface area contributed by atoms with Crippen LogP contribution in [0.5, 0.6) is 0 Å². The standard InChI is InChI=1S/C5H6N2.C5H5N.C2H4O2.C2H6/c6-5-1-3-7-4-2-5;1-2-4-6-5-3-1;1-2(3)4;1-2/h1-4H,(H2,6,7);1-5H;1H3,(H,3,4);1-2H3. The van der Waals surface area contributed by atoms with Crippen LogP contribution in [-0.2, 0) is 4.79 Å². The number of aromatic nitrogens is 2. The van der Waals surface area contributed by atoms with Gasteiger partial charge in [-0.15, -0.1) is 0 Å². The SMILES string of the molecule is CC.CC(=O)O.Nc1ccncc1.c1ccncc1. The fraction of sp³-hybridized carbons (Fsp3) is 0.214. The van der Waals surface area contributed by atoms with Crippen molar-refractivity contribution in [3.05, 3.63) is 55.1 Å². The van der Waals surface area contributed by atoms with Crippen LogP contribution in [0.3, 0.4) is 0 Å². The number of nitrogens with zero attached hydrogens (tertiary/aromatic N) is 2. The van der Waals surface area contributed by atoms with E-state index in [2.05, 4.69) is 9.97 Å². The van der Waals surface area contributed by atoms with Gasteiger partial charge in [0.05, 0.1) is 0 Å². The Labute approximate surface area is 114 Å². The molecule has 2 aromatic heterocycles. The highest BCUT2D eigenvalue weighted by atomic mass is 16.4. The quantitative estimate of drug-likeness (QED) is 0.762. The normalized spacial score (nSPS) is 7.32. The summed E-state index contributed by atoms with van der Waals surface area (Å²) in [6.45, 7) is 5.08. The topological polar surface area (TPSA) is 89.1 Å². The Morgan fingerprint density at radius 2 is 1.37 bits per heavy atom. The molecule has 0 aliphatic rings. The highest BCUT2D eigenvalue weighted by Crippen LogP contribution is 1.92. The van der Waals surface area contributed by atoms with Crippen LogP contribution in [0.15, 0.2) is 55.1 Å². The highest BCUT2D eigenvalue weighted by Gasteiger charge is 1.73. The summed E-state index contributed by atoms with van der Waals surface area (Å²) >= 11 is 0. The second-order valence-corrected chi connectivity index (χ2v) is 2.82. The Bertz CT molecular complexity index is 363. The molecule has 2 heterocycles. The van der Waals surface area contributed by atoms with Crippen LogP contribution in [0.2, 0.25) is 0 Å². The lowest BCUT2D eigenvalue weighted by Crippen LogP contribution is -1.81. The first kappa shape index (κ1) is 18.9. The maximum absolute atomic E-state index is 9.00. The van der Waals surface area contributed by atoms with E-state index in [1.165, 1.54) is 0 Å². The van der Waals surface area contributed by atoms with Gasteiger partial charge in [-0.25, -0.2) is 0 Å². The van der Waals surface area contributed by atoms with Crippen LogP contribution in [0.25, 0.3) is 0 Å². The van der Waals surface area contributed by atoms with Crippen molar-refractivity contribution < 1.29 is 9.90 Å². The van der Waals surface area contributed by atoms with Gasteiger partial charge in [0.1, 0.15) is 0 Å². The number of pyridine rings is 2. The molecule has 0 radical (unpaired) electrons. The van der Waals surface area contributed by atoms with Crippen LogP contribution in [-0.4, -0.2) is 21.0 Å². The van der Waals surface area contributed by atoms with Crippen LogP contribution in [0.1, 0.15) is 20.8 Å². The Morgan fingerprint density at radius 1 is 1.00 bits per heavy atom. The lowest BCUT2D eigenvalue weighted by molar-refractivity contribution is -0.134. The van der Waals surface area contributed by atoms with E-state index in [0.717, 1.165) is 12.6 Å². The number of anilines is 1. The van der Waals surface area contributed by atoms with Crippen molar-refractivity contribution in [1.82, 2.24) is 9.97 Å². The molecule has 0 saturated heterocycles. The van der Waals surface area contributed by atoms with Gasteiger partial charge >= 0.3 is 0 Å². The van der Waals surface area contributed by atoms with Crippen LogP contribution in [0.4, 0.5) is 5.69 Å². The summed E-state index contributed by atoms with van der Waals surface area (Å²) in [4.78, 5) is 16.6. The number of carboxylic acids is 1. The molecule has 0 aromatic carbocycles. The van der Waals surface area contributed by atoms with Gasteiger partial charge in [0, 0.05) is 37.4 Å². The third-order valence-corrected chi connectivity index (χ3v) is 1.27. The monoisotopic (exact) mass is 263 g/mol. The molecule has 5 nitrogen and oxygen atoms in total. The summed E-state index contributed by atoms with van der Waals surface area (Å²) in [5.74, 6) is -0.833. The largest absolute Gasteiger partial charge is 0.481 e. The Hall–Kier alpha value is -2.43. The second-order valence-electron chi connectivity index (χ2n) is 2.82. The van der Waals surface area contributed by atoms with Gasteiger partial charge in [0.15, 0.2) is 0 Å². The van der Waals surface area contributed by atoms with Crippen LogP contribution < -0.4 is 5.73 Å². The summed E-state index contributed by atoms with van der Waals surface area (Å²) < 4.78 is 0. The predicted molar refractivity (Wildman–Crippen MR) is 77.5 cm³/mol. The van der Waals surface area contributed by atoms with E-state index in [1.807, 2.05) is 32.0 Å². The summed E-state index contributed by atoms with van der Waals surface area (Å²) in [6, 6.07) is 9.22. The van der Waals surface area contributed by atoms with Gasteiger partial charge in [-0.2, -0.15) is 0 Å². The third-order valence-electron chi connectivity index (χ3n) is 1.27. The first-order valence-electron chi connectivity index (χ1n) is 5.83.